The fourth-order valence-corrected chi connectivity index (χ4v) is 8.40. The van der Waals surface area contributed by atoms with Crippen LogP contribution in [0.25, 0.3) is 71.6 Å². The molecule has 0 bridgehead atoms. The molecule has 0 spiro atoms. The summed E-state index contributed by atoms with van der Waals surface area (Å²) < 4.78 is 4.62. The Morgan fingerprint density at radius 2 is 0.929 bits per heavy atom. The Kier molecular flexibility index (Phi) is 7.49. The van der Waals surface area contributed by atoms with Crippen molar-refractivity contribution in [3.05, 3.63) is 211 Å². The van der Waals surface area contributed by atoms with Crippen LogP contribution < -0.4 is 5.32 Å². The van der Waals surface area contributed by atoms with Crippen LogP contribution in [0.5, 0.6) is 0 Å². The quantitative estimate of drug-likeness (QED) is 0.189. The lowest BCUT2D eigenvalue weighted by Gasteiger charge is -2.24. The fraction of sp³-hybridized carbons (Fsp3) is 0.0196. The summed E-state index contributed by atoms with van der Waals surface area (Å²) in [4.78, 5) is 10.5. The zero-order valence-corrected chi connectivity index (χ0v) is 30.4. The number of amidine groups is 1. The highest BCUT2D eigenvalue weighted by Crippen LogP contribution is 2.42. The molecule has 2 aromatic heterocycles. The maximum atomic E-state index is 5.27. The van der Waals surface area contributed by atoms with Gasteiger partial charge in [-0.15, -0.1) is 0 Å². The van der Waals surface area contributed by atoms with Crippen molar-refractivity contribution in [2.45, 2.75) is 6.17 Å². The van der Waals surface area contributed by atoms with Gasteiger partial charge in [-0.1, -0.05) is 152 Å². The highest BCUT2D eigenvalue weighted by atomic mass is 15.3. The first-order valence-corrected chi connectivity index (χ1v) is 19.0. The molecule has 56 heavy (non-hydrogen) atoms. The number of hydrogen-bond donors (Lipinski definition) is 1. The molecule has 0 aliphatic carbocycles. The molecule has 8 aromatic carbocycles. The molecule has 10 aromatic rings. The number of aliphatic imine (C=N–C) groups is 2. The number of nitrogens with one attached hydrogen (secondary N) is 1. The standard InChI is InChI=1S/C51H35N5/c1-5-17-34(18-6-1)42-33-48-44(40-26-13-15-27-45(40)55(48)38-23-11-4-12-24-38)32-41(42)37-29-30-47-43(31-37)39-25-14-16-28-46(39)56(47)51-53-49(35-19-7-2-8-20-35)52-50(54-51)36-21-9-3-10-22-36/h1-33,49H,(H,52,53,54). The Morgan fingerprint density at radius 1 is 0.393 bits per heavy atom. The number of benzene rings is 8. The fourth-order valence-electron chi connectivity index (χ4n) is 8.40. The number of nitrogens with zero attached hydrogens (tertiary/aromatic N) is 4. The van der Waals surface area contributed by atoms with Crippen molar-refractivity contribution in [1.29, 1.82) is 0 Å². The molecule has 0 saturated carbocycles. The molecule has 5 nitrogen and oxygen atoms in total. The minimum atomic E-state index is -0.299. The third-order valence-corrected chi connectivity index (χ3v) is 11.0. The molecule has 0 saturated heterocycles. The van der Waals surface area contributed by atoms with Crippen molar-refractivity contribution in [2.24, 2.45) is 9.98 Å². The van der Waals surface area contributed by atoms with Crippen LogP contribution in [-0.4, -0.2) is 20.9 Å². The van der Waals surface area contributed by atoms with E-state index in [0.717, 1.165) is 50.0 Å². The van der Waals surface area contributed by atoms with Crippen LogP contribution in [0.3, 0.4) is 0 Å². The molecular formula is C51H35N5. The summed E-state index contributed by atoms with van der Waals surface area (Å²) in [5.41, 5.74) is 12.4. The lowest BCUT2D eigenvalue weighted by Crippen LogP contribution is -2.35. The first-order chi connectivity index (χ1) is 27.8. The second-order valence-electron chi connectivity index (χ2n) is 14.3. The first kappa shape index (κ1) is 32.0. The summed E-state index contributed by atoms with van der Waals surface area (Å²) in [6.45, 7) is 0. The number of aromatic nitrogens is 2. The predicted octanol–water partition coefficient (Wildman–Crippen LogP) is 12.2. The van der Waals surface area contributed by atoms with E-state index < -0.39 is 0 Å². The van der Waals surface area contributed by atoms with Gasteiger partial charge in [-0.25, -0.2) is 4.99 Å². The largest absolute Gasteiger partial charge is 0.344 e. The topological polar surface area (TPSA) is 46.6 Å². The van der Waals surface area contributed by atoms with Gasteiger partial charge in [0.15, 0.2) is 0 Å². The van der Waals surface area contributed by atoms with E-state index in [0.29, 0.717) is 5.96 Å². The van der Waals surface area contributed by atoms with Crippen molar-refractivity contribution < 1.29 is 0 Å². The Bertz CT molecular complexity index is 3140. The van der Waals surface area contributed by atoms with Gasteiger partial charge in [0.25, 0.3) is 0 Å². The van der Waals surface area contributed by atoms with Crippen LogP contribution in [0.15, 0.2) is 210 Å². The van der Waals surface area contributed by atoms with Gasteiger partial charge in [0, 0.05) is 32.8 Å². The summed E-state index contributed by atoms with van der Waals surface area (Å²) >= 11 is 0. The first-order valence-electron chi connectivity index (χ1n) is 19.0. The van der Waals surface area contributed by atoms with Gasteiger partial charge in [-0.2, -0.15) is 4.99 Å². The Hall–Kier alpha value is -7.50. The summed E-state index contributed by atoms with van der Waals surface area (Å²) in [7, 11) is 0. The maximum absolute atomic E-state index is 5.27. The van der Waals surface area contributed by atoms with E-state index in [9.17, 15) is 0 Å². The normalized spacial score (nSPS) is 14.2. The van der Waals surface area contributed by atoms with Crippen molar-refractivity contribution in [2.75, 3.05) is 0 Å². The molecule has 3 heterocycles. The average molecular weight is 718 g/mol. The van der Waals surface area contributed by atoms with E-state index in [1.165, 1.54) is 38.5 Å². The molecule has 1 N–H and O–H groups in total. The van der Waals surface area contributed by atoms with E-state index in [4.69, 9.17) is 9.98 Å². The van der Waals surface area contributed by atoms with Crippen molar-refractivity contribution >= 4 is 55.4 Å². The second-order valence-corrected chi connectivity index (χ2v) is 14.3. The van der Waals surface area contributed by atoms with E-state index in [1.54, 1.807) is 0 Å². The van der Waals surface area contributed by atoms with Crippen LogP contribution in [-0.2, 0) is 0 Å². The average Bonchev–Trinajstić information content (AvgIpc) is 3.79. The zero-order valence-electron chi connectivity index (χ0n) is 30.4. The molecule has 1 unspecified atom stereocenters. The van der Waals surface area contributed by atoms with E-state index in [-0.39, 0.29) is 6.17 Å². The van der Waals surface area contributed by atoms with Gasteiger partial charge in [-0.05, 0) is 76.3 Å². The van der Waals surface area contributed by atoms with Crippen LogP contribution in [0, 0.1) is 0 Å². The Balaban J connectivity index is 1.15. The highest BCUT2D eigenvalue weighted by molar-refractivity contribution is 6.18. The van der Waals surface area contributed by atoms with Crippen molar-refractivity contribution in [3.8, 4) is 27.9 Å². The van der Waals surface area contributed by atoms with Gasteiger partial charge < -0.3 is 9.88 Å². The number of hydrogen-bond acceptors (Lipinski definition) is 3. The van der Waals surface area contributed by atoms with E-state index in [2.05, 4.69) is 190 Å². The minimum absolute atomic E-state index is 0.299. The molecule has 1 aliphatic rings. The van der Waals surface area contributed by atoms with Crippen LogP contribution in [0.2, 0.25) is 0 Å². The Labute approximate surface area is 324 Å². The Morgan fingerprint density at radius 3 is 1.62 bits per heavy atom. The summed E-state index contributed by atoms with van der Waals surface area (Å²) in [6.07, 6.45) is -0.299. The molecule has 11 rings (SSSR count). The zero-order chi connectivity index (χ0) is 37.0. The number of para-hydroxylation sites is 3. The molecule has 0 radical (unpaired) electrons. The SMILES string of the molecule is c1ccc(C2=NC(n3c4ccccc4c4cc(-c5cc6c7ccccc7n(-c7ccccc7)c6cc5-c5ccccc5)ccc43)=NC(c3ccccc3)N2)cc1. The predicted molar refractivity (Wildman–Crippen MR) is 233 cm³/mol. The second kappa shape index (κ2) is 13.1. The molecule has 0 amide bonds. The highest BCUT2D eigenvalue weighted by Gasteiger charge is 2.24. The van der Waals surface area contributed by atoms with Gasteiger partial charge in [-0.3, -0.25) is 4.57 Å². The number of fused-ring (bicyclic) bond motifs is 6. The van der Waals surface area contributed by atoms with Crippen molar-refractivity contribution in [1.82, 2.24) is 14.5 Å². The molecule has 1 atom stereocenters. The van der Waals surface area contributed by atoms with E-state index in [1.807, 2.05) is 24.3 Å². The van der Waals surface area contributed by atoms with Crippen LogP contribution in [0.4, 0.5) is 0 Å². The third-order valence-electron chi connectivity index (χ3n) is 11.0. The van der Waals surface area contributed by atoms with Gasteiger partial charge in [0.1, 0.15) is 12.0 Å². The molecule has 5 heteroatoms. The lowest BCUT2D eigenvalue weighted by atomic mass is 9.92. The number of rotatable bonds is 5. The molecule has 264 valence electrons. The lowest BCUT2D eigenvalue weighted by molar-refractivity contribution is 0.668. The minimum Gasteiger partial charge on any atom is -0.344 e. The van der Waals surface area contributed by atoms with Crippen LogP contribution >= 0.6 is 0 Å². The summed E-state index contributed by atoms with van der Waals surface area (Å²) in [6, 6.07) is 71.1. The maximum Gasteiger partial charge on any atom is 0.234 e. The molecule has 1 aliphatic heterocycles. The van der Waals surface area contributed by atoms with Gasteiger partial charge in [0.05, 0.1) is 22.1 Å². The summed E-state index contributed by atoms with van der Waals surface area (Å²) in [5.74, 6) is 1.44. The third kappa shape index (κ3) is 5.24. The summed E-state index contributed by atoms with van der Waals surface area (Å²) in [5, 5.41) is 8.37. The molecule has 0 fully saturated rings. The monoisotopic (exact) mass is 717 g/mol. The van der Waals surface area contributed by atoms with Gasteiger partial charge >= 0.3 is 0 Å². The van der Waals surface area contributed by atoms with Crippen LogP contribution in [0.1, 0.15) is 17.3 Å². The smallest absolute Gasteiger partial charge is 0.234 e. The van der Waals surface area contributed by atoms with Gasteiger partial charge in [0.2, 0.25) is 5.96 Å². The van der Waals surface area contributed by atoms with Crippen molar-refractivity contribution in [3.63, 3.8) is 0 Å². The molecular weight excluding hydrogens is 683 g/mol. The van der Waals surface area contributed by atoms with E-state index >= 15 is 0 Å².